The molecule has 2 N–H and O–H groups in total. The Balaban J connectivity index is 2.45. The van der Waals surface area contributed by atoms with E-state index in [1.807, 2.05) is 4.68 Å². The van der Waals surface area contributed by atoms with Crippen LogP contribution in [-0.2, 0) is 6.54 Å². The Labute approximate surface area is 72.0 Å². The first-order valence-electron chi connectivity index (χ1n) is 4.21. The average molecular weight is 166 g/mol. The van der Waals surface area contributed by atoms with E-state index in [9.17, 15) is 0 Å². The minimum Gasteiger partial charge on any atom is -0.396 e. The maximum absolute atomic E-state index is 5.80. The number of hydrogen-bond acceptors (Lipinski definition) is 3. The van der Waals surface area contributed by atoms with E-state index in [2.05, 4.69) is 24.0 Å². The molecule has 1 unspecified atom stereocenters. The molecule has 2 heterocycles. The lowest BCUT2D eigenvalue weighted by molar-refractivity contribution is 0.203. The minimum atomic E-state index is 0.390. The first-order valence-corrected chi connectivity index (χ1v) is 4.21. The van der Waals surface area contributed by atoms with Gasteiger partial charge in [0.05, 0.1) is 30.2 Å². The van der Waals surface area contributed by atoms with Crippen LogP contribution in [-0.4, -0.2) is 28.3 Å². The molecule has 4 heteroatoms. The predicted octanol–water partition coefficient (Wildman–Crippen LogP) is 0.472. The number of nitrogen functional groups attached to an aromatic ring is 1. The van der Waals surface area contributed by atoms with E-state index in [1.54, 1.807) is 6.20 Å². The number of rotatable bonds is 0. The van der Waals surface area contributed by atoms with Crippen LogP contribution in [0.4, 0.5) is 5.69 Å². The first-order chi connectivity index (χ1) is 5.70. The molecular formula is C8H14N4. The molecule has 1 atom stereocenters. The number of hydrogen-bond donors (Lipinski definition) is 1. The molecule has 0 aromatic carbocycles. The lowest BCUT2D eigenvalue weighted by atomic mass is 10.1. The third-order valence-electron chi connectivity index (χ3n) is 2.63. The number of anilines is 1. The van der Waals surface area contributed by atoms with E-state index in [4.69, 9.17) is 5.73 Å². The number of nitrogens with two attached hydrogens (primary N) is 1. The Hall–Kier alpha value is -1.03. The predicted molar refractivity (Wildman–Crippen MR) is 47.7 cm³/mol. The molecule has 4 nitrogen and oxygen atoms in total. The van der Waals surface area contributed by atoms with Gasteiger partial charge in [-0.15, -0.1) is 0 Å². The fraction of sp³-hybridized carbons (Fsp3) is 0.625. The van der Waals surface area contributed by atoms with Crippen LogP contribution in [0.5, 0.6) is 0 Å². The van der Waals surface area contributed by atoms with Crippen molar-refractivity contribution in [2.75, 3.05) is 19.3 Å². The van der Waals surface area contributed by atoms with Crippen LogP contribution >= 0.6 is 0 Å². The second kappa shape index (κ2) is 2.48. The summed E-state index contributed by atoms with van der Waals surface area (Å²) in [6.07, 6.45) is 1.74. The Morgan fingerprint density at radius 3 is 3.08 bits per heavy atom. The summed E-state index contributed by atoms with van der Waals surface area (Å²) in [5.41, 5.74) is 7.77. The highest BCUT2D eigenvalue weighted by molar-refractivity contribution is 5.43. The number of nitrogens with zero attached hydrogens (tertiary/aromatic N) is 3. The van der Waals surface area contributed by atoms with E-state index in [0.29, 0.717) is 6.04 Å². The van der Waals surface area contributed by atoms with Gasteiger partial charge in [0.15, 0.2) is 0 Å². The third kappa shape index (κ3) is 0.914. The number of fused-ring (bicyclic) bond motifs is 1. The molecule has 0 amide bonds. The van der Waals surface area contributed by atoms with Crippen molar-refractivity contribution < 1.29 is 0 Å². The topological polar surface area (TPSA) is 47.1 Å². The molecule has 0 spiro atoms. The van der Waals surface area contributed by atoms with Crippen LogP contribution in [0.3, 0.4) is 0 Å². The Bertz CT molecular complexity index is 291. The Morgan fingerprint density at radius 2 is 2.33 bits per heavy atom. The monoisotopic (exact) mass is 166 g/mol. The lowest BCUT2D eigenvalue weighted by Crippen LogP contribution is -2.34. The smallest absolute Gasteiger partial charge is 0.0782 e. The lowest BCUT2D eigenvalue weighted by Gasteiger charge is -2.30. The second-order valence-electron chi connectivity index (χ2n) is 3.36. The number of likely N-dealkylation sites (N-methyl/N-ethyl adjacent to an activating group) is 1. The molecular weight excluding hydrogens is 152 g/mol. The summed E-state index contributed by atoms with van der Waals surface area (Å²) < 4.78 is 2.00. The average Bonchev–Trinajstić information content (AvgIpc) is 2.41. The maximum atomic E-state index is 5.80. The van der Waals surface area contributed by atoms with Gasteiger partial charge in [0.25, 0.3) is 0 Å². The van der Waals surface area contributed by atoms with E-state index >= 15 is 0 Å². The number of aromatic nitrogens is 2. The highest BCUT2D eigenvalue weighted by Crippen LogP contribution is 2.27. The summed E-state index contributed by atoms with van der Waals surface area (Å²) in [6, 6.07) is 0.390. The van der Waals surface area contributed by atoms with Crippen LogP contribution in [0, 0.1) is 0 Å². The van der Waals surface area contributed by atoms with Gasteiger partial charge in [0.2, 0.25) is 0 Å². The van der Waals surface area contributed by atoms with Crippen molar-refractivity contribution in [2.45, 2.75) is 19.5 Å². The zero-order valence-electron chi connectivity index (χ0n) is 7.49. The summed E-state index contributed by atoms with van der Waals surface area (Å²) in [4.78, 5) is 2.29. The Morgan fingerprint density at radius 1 is 1.58 bits per heavy atom. The fourth-order valence-corrected chi connectivity index (χ4v) is 1.70. The van der Waals surface area contributed by atoms with Gasteiger partial charge in [-0.25, -0.2) is 0 Å². The van der Waals surface area contributed by atoms with Crippen molar-refractivity contribution in [3.05, 3.63) is 11.9 Å². The van der Waals surface area contributed by atoms with Crippen molar-refractivity contribution >= 4 is 5.69 Å². The van der Waals surface area contributed by atoms with Crippen LogP contribution in [0.2, 0.25) is 0 Å². The van der Waals surface area contributed by atoms with Crippen molar-refractivity contribution in [1.82, 2.24) is 14.7 Å². The second-order valence-corrected chi connectivity index (χ2v) is 3.36. The van der Waals surface area contributed by atoms with Crippen molar-refractivity contribution in [3.8, 4) is 0 Å². The zero-order valence-corrected chi connectivity index (χ0v) is 7.49. The van der Waals surface area contributed by atoms with Gasteiger partial charge in [0.1, 0.15) is 0 Å². The quantitative estimate of drug-likeness (QED) is 0.609. The van der Waals surface area contributed by atoms with E-state index in [-0.39, 0.29) is 0 Å². The molecule has 1 aliphatic rings. The van der Waals surface area contributed by atoms with Gasteiger partial charge in [-0.3, -0.25) is 9.58 Å². The molecule has 1 aromatic rings. The summed E-state index contributed by atoms with van der Waals surface area (Å²) >= 11 is 0. The molecule has 1 aromatic heterocycles. The molecule has 0 saturated heterocycles. The van der Waals surface area contributed by atoms with Gasteiger partial charge in [0, 0.05) is 6.54 Å². The SMILES string of the molecule is CC1c2c(N)cnn2CCN1C. The van der Waals surface area contributed by atoms with Crippen molar-refractivity contribution in [2.24, 2.45) is 0 Å². The maximum Gasteiger partial charge on any atom is 0.0782 e. The molecule has 0 bridgehead atoms. The molecule has 2 rings (SSSR count). The molecule has 0 saturated carbocycles. The molecule has 12 heavy (non-hydrogen) atoms. The summed E-state index contributed by atoms with van der Waals surface area (Å²) in [5, 5.41) is 4.21. The van der Waals surface area contributed by atoms with Gasteiger partial charge >= 0.3 is 0 Å². The van der Waals surface area contributed by atoms with Gasteiger partial charge < -0.3 is 5.73 Å². The van der Waals surface area contributed by atoms with Gasteiger partial charge in [-0.1, -0.05) is 0 Å². The minimum absolute atomic E-state index is 0.390. The van der Waals surface area contributed by atoms with Crippen molar-refractivity contribution in [1.29, 1.82) is 0 Å². The molecule has 0 radical (unpaired) electrons. The normalized spacial score (nSPS) is 24.0. The highest BCUT2D eigenvalue weighted by Gasteiger charge is 2.23. The summed E-state index contributed by atoms with van der Waals surface area (Å²) in [7, 11) is 2.11. The molecule has 1 aliphatic heterocycles. The van der Waals surface area contributed by atoms with Crippen LogP contribution in [0.25, 0.3) is 0 Å². The van der Waals surface area contributed by atoms with E-state index in [0.717, 1.165) is 24.5 Å². The van der Waals surface area contributed by atoms with Crippen LogP contribution in [0.15, 0.2) is 6.20 Å². The molecule has 0 fully saturated rings. The summed E-state index contributed by atoms with van der Waals surface area (Å²) in [6.45, 7) is 4.16. The van der Waals surface area contributed by atoms with E-state index in [1.165, 1.54) is 0 Å². The van der Waals surface area contributed by atoms with Gasteiger partial charge in [-0.05, 0) is 14.0 Å². The fourth-order valence-electron chi connectivity index (χ4n) is 1.70. The summed E-state index contributed by atoms with van der Waals surface area (Å²) in [5.74, 6) is 0. The highest BCUT2D eigenvalue weighted by atomic mass is 15.3. The molecule has 0 aliphatic carbocycles. The van der Waals surface area contributed by atoms with Crippen LogP contribution in [0.1, 0.15) is 18.7 Å². The van der Waals surface area contributed by atoms with Crippen LogP contribution < -0.4 is 5.73 Å². The first kappa shape index (κ1) is 7.61. The molecule has 66 valence electrons. The van der Waals surface area contributed by atoms with E-state index < -0.39 is 0 Å². The van der Waals surface area contributed by atoms with Crippen molar-refractivity contribution in [3.63, 3.8) is 0 Å². The Kier molecular flexibility index (Phi) is 1.58. The standard InChI is InChI=1S/C8H14N4/c1-6-8-7(9)5-10-12(8)4-3-11(6)2/h5-6H,3-4,9H2,1-2H3. The largest absolute Gasteiger partial charge is 0.396 e. The third-order valence-corrected chi connectivity index (χ3v) is 2.63. The van der Waals surface area contributed by atoms with Gasteiger partial charge in [-0.2, -0.15) is 5.10 Å². The zero-order chi connectivity index (χ0) is 8.72.